The molecular formula is C16H26N4O3S. The number of rotatable bonds is 5. The van der Waals surface area contributed by atoms with Gasteiger partial charge in [-0.25, -0.2) is 8.42 Å². The molecule has 0 bridgehead atoms. The van der Waals surface area contributed by atoms with E-state index in [0.29, 0.717) is 12.5 Å². The highest BCUT2D eigenvalue weighted by atomic mass is 32.2. The molecule has 8 heteroatoms. The van der Waals surface area contributed by atoms with Crippen LogP contribution in [0.3, 0.4) is 0 Å². The van der Waals surface area contributed by atoms with Gasteiger partial charge in [-0.1, -0.05) is 12.1 Å². The van der Waals surface area contributed by atoms with E-state index in [2.05, 4.69) is 20.9 Å². The number of nitrogens with one attached hydrogen (secondary N) is 3. The van der Waals surface area contributed by atoms with E-state index in [4.69, 9.17) is 0 Å². The Balaban J connectivity index is 2.51. The summed E-state index contributed by atoms with van der Waals surface area (Å²) in [6.45, 7) is 6.32. The molecule has 3 N–H and O–H groups in total. The summed E-state index contributed by atoms with van der Waals surface area (Å²) in [6.07, 6.45) is 1.18. The van der Waals surface area contributed by atoms with Crippen molar-refractivity contribution in [3.05, 3.63) is 29.8 Å². The molecule has 1 aromatic rings. The number of guanidine groups is 1. The predicted molar refractivity (Wildman–Crippen MR) is 95.6 cm³/mol. The van der Waals surface area contributed by atoms with Gasteiger partial charge in [-0.2, -0.15) is 0 Å². The third-order valence-electron chi connectivity index (χ3n) is 2.97. The predicted octanol–water partition coefficient (Wildman–Crippen LogP) is 0.670. The summed E-state index contributed by atoms with van der Waals surface area (Å²) in [4.78, 5) is 16.1. The fraction of sp³-hybridized carbons (Fsp3) is 0.500. The molecule has 0 saturated carbocycles. The zero-order chi connectivity index (χ0) is 18.4. The van der Waals surface area contributed by atoms with Crippen LogP contribution in [-0.2, 0) is 21.2 Å². The smallest absolute Gasteiger partial charge is 0.239 e. The normalized spacial score (nSPS) is 12.6. The average molecular weight is 354 g/mol. The number of aliphatic imine (C=N–C) groups is 1. The van der Waals surface area contributed by atoms with E-state index < -0.39 is 9.84 Å². The van der Waals surface area contributed by atoms with E-state index in [9.17, 15) is 13.2 Å². The van der Waals surface area contributed by atoms with E-state index in [-0.39, 0.29) is 22.9 Å². The minimum Gasteiger partial charge on any atom is -0.352 e. The van der Waals surface area contributed by atoms with Gasteiger partial charge in [-0.3, -0.25) is 9.79 Å². The number of sulfone groups is 1. The third kappa shape index (κ3) is 7.45. The van der Waals surface area contributed by atoms with Gasteiger partial charge < -0.3 is 16.0 Å². The maximum Gasteiger partial charge on any atom is 0.239 e. The summed E-state index contributed by atoms with van der Waals surface area (Å²) in [5, 5.41) is 8.85. The quantitative estimate of drug-likeness (QED) is 0.533. The lowest BCUT2D eigenvalue weighted by Crippen LogP contribution is -2.48. The molecule has 0 aliphatic rings. The molecule has 1 amide bonds. The number of carbonyl (C=O) groups excluding carboxylic acids is 1. The van der Waals surface area contributed by atoms with Crippen LogP contribution < -0.4 is 16.0 Å². The Morgan fingerprint density at radius 1 is 1.12 bits per heavy atom. The second-order valence-corrected chi connectivity index (χ2v) is 8.51. The summed E-state index contributed by atoms with van der Waals surface area (Å²) >= 11 is 0. The van der Waals surface area contributed by atoms with Crippen LogP contribution in [0.1, 0.15) is 26.3 Å². The maximum absolute atomic E-state index is 11.8. The summed E-state index contributed by atoms with van der Waals surface area (Å²) in [5.41, 5.74) is 0.626. The Kier molecular flexibility index (Phi) is 6.77. The van der Waals surface area contributed by atoms with Gasteiger partial charge in [0.2, 0.25) is 5.91 Å². The average Bonchev–Trinajstić information content (AvgIpc) is 2.45. The molecule has 0 saturated heterocycles. The molecule has 134 valence electrons. The second-order valence-electron chi connectivity index (χ2n) is 6.49. The first-order chi connectivity index (χ1) is 11.0. The maximum atomic E-state index is 11.8. The fourth-order valence-corrected chi connectivity index (χ4v) is 2.52. The van der Waals surface area contributed by atoms with Crippen molar-refractivity contribution in [2.24, 2.45) is 4.99 Å². The Morgan fingerprint density at radius 3 is 2.17 bits per heavy atom. The van der Waals surface area contributed by atoms with Gasteiger partial charge in [0.25, 0.3) is 0 Å². The van der Waals surface area contributed by atoms with E-state index in [1.165, 1.54) is 6.26 Å². The van der Waals surface area contributed by atoms with Gasteiger partial charge in [-0.15, -0.1) is 0 Å². The first-order valence-electron chi connectivity index (χ1n) is 7.56. The lowest BCUT2D eigenvalue weighted by atomic mass is 10.1. The largest absolute Gasteiger partial charge is 0.352 e. The van der Waals surface area contributed by atoms with Crippen LogP contribution in [0.15, 0.2) is 34.2 Å². The van der Waals surface area contributed by atoms with Crippen LogP contribution in [0.2, 0.25) is 0 Å². The van der Waals surface area contributed by atoms with Gasteiger partial charge in [0.05, 0.1) is 11.4 Å². The van der Waals surface area contributed by atoms with Crippen LogP contribution in [0.4, 0.5) is 0 Å². The molecule has 0 aliphatic carbocycles. The van der Waals surface area contributed by atoms with Gasteiger partial charge >= 0.3 is 0 Å². The van der Waals surface area contributed by atoms with Crippen LogP contribution in [-0.4, -0.2) is 45.7 Å². The van der Waals surface area contributed by atoms with Crippen molar-refractivity contribution in [1.82, 2.24) is 16.0 Å². The van der Waals surface area contributed by atoms with Crippen molar-refractivity contribution >= 4 is 21.7 Å². The van der Waals surface area contributed by atoms with Crippen molar-refractivity contribution in [3.8, 4) is 0 Å². The summed E-state index contributed by atoms with van der Waals surface area (Å²) in [5.74, 6) is 0.370. The number of benzene rings is 1. The van der Waals surface area contributed by atoms with Gasteiger partial charge in [0.1, 0.15) is 0 Å². The topological polar surface area (TPSA) is 99.7 Å². The molecule has 0 spiro atoms. The number of nitrogens with zero attached hydrogens (tertiary/aromatic N) is 1. The highest BCUT2D eigenvalue weighted by molar-refractivity contribution is 7.90. The summed E-state index contributed by atoms with van der Waals surface area (Å²) in [7, 11) is -1.57. The van der Waals surface area contributed by atoms with E-state index in [0.717, 1.165) is 5.56 Å². The first-order valence-corrected chi connectivity index (χ1v) is 9.45. The van der Waals surface area contributed by atoms with Gasteiger partial charge in [0.15, 0.2) is 15.8 Å². The molecule has 1 aromatic carbocycles. The van der Waals surface area contributed by atoms with E-state index in [1.807, 2.05) is 20.8 Å². The number of carbonyl (C=O) groups is 1. The standard InChI is InChI=1S/C16H26N4O3S/c1-16(2,3)20-14(21)11-19-15(17-4)18-10-12-6-8-13(9-7-12)24(5,22)23/h6-9H,10-11H2,1-5H3,(H,20,21)(H2,17,18,19). The molecule has 0 unspecified atom stereocenters. The summed E-state index contributed by atoms with van der Waals surface area (Å²) in [6, 6.07) is 6.62. The van der Waals surface area contributed by atoms with Crippen LogP contribution >= 0.6 is 0 Å². The Morgan fingerprint density at radius 2 is 1.71 bits per heavy atom. The Labute approximate surface area is 143 Å². The molecule has 0 radical (unpaired) electrons. The molecule has 0 fully saturated rings. The molecule has 0 aromatic heterocycles. The van der Waals surface area contributed by atoms with Crippen LogP contribution in [0.5, 0.6) is 0 Å². The minimum absolute atomic E-state index is 0.115. The van der Waals surface area contributed by atoms with Crippen molar-refractivity contribution < 1.29 is 13.2 Å². The molecule has 0 heterocycles. The molecule has 0 atom stereocenters. The van der Waals surface area contributed by atoms with Crippen LogP contribution in [0, 0.1) is 0 Å². The third-order valence-corrected chi connectivity index (χ3v) is 4.09. The minimum atomic E-state index is -3.19. The zero-order valence-corrected chi connectivity index (χ0v) is 15.6. The van der Waals surface area contributed by atoms with Crippen molar-refractivity contribution in [1.29, 1.82) is 0 Å². The highest BCUT2D eigenvalue weighted by Gasteiger charge is 2.13. The van der Waals surface area contributed by atoms with Gasteiger partial charge in [-0.05, 0) is 38.5 Å². The van der Waals surface area contributed by atoms with Crippen molar-refractivity contribution in [2.75, 3.05) is 19.8 Å². The fourth-order valence-electron chi connectivity index (χ4n) is 1.89. The highest BCUT2D eigenvalue weighted by Crippen LogP contribution is 2.10. The lowest BCUT2D eigenvalue weighted by Gasteiger charge is -2.21. The SMILES string of the molecule is CN=C(NCC(=O)NC(C)(C)C)NCc1ccc(S(C)(=O)=O)cc1. The number of amides is 1. The second kappa shape index (κ2) is 8.14. The van der Waals surface area contributed by atoms with Crippen LogP contribution in [0.25, 0.3) is 0 Å². The number of hydrogen-bond acceptors (Lipinski definition) is 4. The van der Waals surface area contributed by atoms with E-state index in [1.54, 1.807) is 31.3 Å². The van der Waals surface area contributed by atoms with E-state index >= 15 is 0 Å². The Hall–Kier alpha value is -2.09. The zero-order valence-electron chi connectivity index (χ0n) is 14.8. The summed E-state index contributed by atoms with van der Waals surface area (Å²) < 4.78 is 22.8. The van der Waals surface area contributed by atoms with Crippen molar-refractivity contribution in [3.63, 3.8) is 0 Å². The van der Waals surface area contributed by atoms with Crippen molar-refractivity contribution in [2.45, 2.75) is 37.8 Å². The lowest BCUT2D eigenvalue weighted by molar-refractivity contribution is -0.121. The molecule has 24 heavy (non-hydrogen) atoms. The molecule has 0 aliphatic heterocycles. The molecule has 7 nitrogen and oxygen atoms in total. The molecule has 1 rings (SSSR count). The molecular weight excluding hydrogens is 328 g/mol. The Bertz CT molecular complexity index is 689. The van der Waals surface area contributed by atoms with Gasteiger partial charge in [0, 0.05) is 25.4 Å². The first kappa shape index (κ1) is 20.0. The monoisotopic (exact) mass is 354 g/mol. The number of hydrogen-bond donors (Lipinski definition) is 3.